The van der Waals surface area contributed by atoms with E-state index in [4.69, 9.17) is 4.42 Å². The lowest BCUT2D eigenvalue weighted by atomic mass is 9.96. The van der Waals surface area contributed by atoms with Crippen molar-refractivity contribution in [3.05, 3.63) is 18.1 Å². The molecule has 1 rings (SSSR count). The van der Waals surface area contributed by atoms with Crippen molar-refractivity contribution in [1.82, 2.24) is 5.32 Å². The fourth-order valence-electron chi connectivity index (χ4n) is 1.87. The average Bonchev–Trinajstić information content (AvgIpc) is 2.82. The number of hydrogen-bond donors (Lipinski definition) is 1. The van der Waals surface area contributed by atoms with Gasteiger partial charge in [0.1, 0.15) is 11.3 Å². The molecule has 1 heterocycles. The number of rotatable bonds is 9. The molecule has 0 spiro atoms. The first kappa shape index (κ1) is 16.1. The summed E-state index contributed by atoms with van der Waals surface area (Å²) in [6, 6.07) is 4.41. The standard InChI is InChI=1S/C15H24N2OS/c1-4-9-17-15(3,12-16)8-5-6-11-19-14-7-10-18-13(14)2/h7,10,17H,4-6,8-9,11H2,1-3H3. The third-order valence-corrected chi connectivity index (χ3v) is 4.38. The summed E-state index contributed by atoms with van der Waals surface area (Å²) < 4.78 is 5.26. The molecule has 0 radical (unpaired) electrons. The van der Waals surface area contributed by atoms with Crippen LogP contribution in [-0.2, 0) is 0 Å². The minimum absolute atomic E-state index is 0.369. The Hall–Kier alpha value is -0.920. The highest BCUT2D eigenvalue weighted by Crippen LogP contribution is 2.24. The monoisotopic (exact) mass is 280 g/mol. The highest BCUT2D eigenvalue weighted by atomic mass is 32.2. The maximum absolute atomic E-state index is 9.22. The van der Waals surface area contributed by atoms with Crippen molar-refractivity contribution < 1.29 is 4.42 Å². The van der Waals surface area contributed by atoms with Crippen molar-refractivity contribution in [2.75, 3.05) is 12.3 Å². The van der Waals surface area contributed by atoms with Gasteiger partial charge < -0.3 is 4.42 Å². The van der Waals surface area contributed by atoms with Crippen LogP contribution < -0.4 is 5.32 Å². The van der Waals surface area contributed by atoms with Crippen LogP contribution in [0.2, 0.25) is 0 Å². The van der Waals surface area contributed by atoms with Gasteiger partial charge in [-0.05, 0) is 57.9 Å². The van der Waals surface area contributed by atoms with Gasteiger partial charge in [0.15, 0.2) is 0 Å². The van der Waals surface area contributed by atoms with Gasteiger partial charge in [-0.2, -0.15) is 5.26 Å². The topological polar surface area (TPSA) is 49.0 Å². The molecule has 0 saturated carbocycles. The number of hydrogen-bond acceptors (Lipinski definition) is 4. The Morgan fingerprint density at radius 2 is 2.26 bits per heavy atom. The predicted octanol–water partition coefficient (Wildman–Crippen LogP) is 4.13. The molecular weight excluding hydrogens is 256 g/mol. The number of nitrogens with zero attached hydrogens (tertiary/aromatic N) is 1. The van der Waals surface area contributed by atoms with E-state index in [-0.39, 0.29) is 5.54 Å². The number of thioether (sulfide) groups is 1. The van der Waals surface area contributed by atoms with Crippen LogP contribution in [0, 0.1) is 18.3 Å². The number of nitriles is 1. The van der Waals surface area contributed by atoms with Gasteiger partial charge in [0, 0.05) is 4.90 Å². The van der Waals surface area contributed by atoms with Crippen LogP contribution in [0.1, 0.15) is 45.3 Å². The SMILES string of the molecule is CCCNC(C)(C#N)CCCCSc1ccoc1C. The normalized spacial score (nSPS) is 14.0. The second kappa shape index (κ2) is 8.29. The number of aryl methyl sites for hydroxylation is 1. The van der Waals surface area contributed by atoms with Gasteiger partial charge in [-0.3, -0.25) is 5.32 Å². The maximum atomic E-state index is 9.22. The molecule has 1 aromatic rings. The minimum Gasteiger partial charge on any atom is -0.468 e. The molecule has 0 aliphatic carbocycles. The first-order valence-corrected chi connectivity index (χ1v) is 7.93. The lowest BCUT2D eigenvalue weighted by Gasteiger charge is -2.22. The second-order valence-electron chi connectivity index (χ2n) is 5.02. The molecule has 1 N–H and O–H groups in total. The summed E-state index contributed by atoms with van der Waals surface area (Å²) in [5.74, 6) is 2.08. The van der Waals surface area contributed by atoms with E-state index in [1.165, 1.54) is 4.90 Å². The summed E-state index contributed by atoms with van der Waals surface area (Å²) in [6.45, 7) is 7.02. The highest BCUT2D eigenvalue weighted by molar-refractivity contribution is 7.99. The van der Waals surface area contributed by atoms with Crippen LogP contribution in [-0.4, -0.2) is 17.8 Å². The highest BCUT2D eigenvalue weighted by Gasteiger charge is 2.21. The number of unbranched alkanes of at least 4 members (excludes halogenated alkanes) is 1. The van der Waals surface area contributed by atoms with Gasteiger partial charge >= 0.3 is 0 Å². The molecule has 0 fully saturated rings. The van der Waals surface area contributed by atoms with Crippen molar-refractivity contribution in [1.29, 1.82) is 5.26 Å². The van der Waals surface area contributed by atoms with Gasteiger partial charge in [0.2, 0.25) is 0 Å². The van der Waals surface area contributed by atoms with Crippen LogP contribution in [0.5, 0.6) is 0 Å². The Kier molecular flexibility index (Phi) is 7.04. The van der Waals surface area contributed by atoms with Gasteiger partial charge in [-0.25, -0.2) is 0 Å². The third kappa shape index (κ3) is 5.71. The van der Waals surface area contributed by atoms with Gasteiger partial charge in [-0.15, -0.1) is 11.8 Å². The van der Waals surface area contributed by atoms with Gasteiger partial charge in [0.05, 0.1) is 12.3 Å². The molecule has 1 unspecified atom stereocenters. The summed E-state index contributed by atoms with van der Waals surface area (Å²) in [4.78, 5) is 1.23. The predicted molar refractivity (Wildman–Crippen MR) is 80.3 cm³/mol. The quantitative estimate of drug-likeness (QED) is 0.546. The van der Waals surface area contributed by atoms with Crippen molar-refractivity contribution in [2.24, 2.45) is 0 Å². The van der Waals surface area contributed by atoms with E-state index < -0.39 is 0 Å². The number of furan rings is 1. The van der Waals surface area contributed by atoms with Crippen LogP contribution in [0.25, 0.3) is 0 Å². The van der Waals surface area contributed by atoms with Crippen LogP contribution in [0.3, 0.4) is 0 Å². The lowest BCUT2D eigenvalue weighted by Crippen LogP contribution is -2.41. The average molecular weight is 280 g/mol. The molecule has 0 aliphatic heterocycles. The Balaban J connectivity index is 2.19. The molecule has 0 aromatic carbocycles. The molecule has 1 aromatic heterocycles. The molecule has 0 saturated heterocycles. The van der Waals surface area contributed by atoms with E-state index >= 15 is 0 Å². The van der Waals surface area contributed by atoms with E-state index in [2.05, 4.69) is 18.3 Å². The summed E-state index contributed by atoms with van der Waals surface area (Å²) in [7, 11) is 0. The first-order valence-electron chi connectivity index (χ1n) is 6.94. The fourth-order valence-corrected chi connectivity index (χ4v) is 2.84. The van der Waals surface area contributed by atoms with E-state index in [0.29, 0.717) is 0 Å². The Morgan fingerprint density at radius 3 is 2.84 bits per heavy atom. The van der Waals surface area contributed by atoms with Crippen molar-refractivity contribution >= 4 is 11.8 Å². The van der Waals surface area contributed by atoms with E-state index in [1.807, 2.05) is 31.7 Å². The van der Waals surface area contributed by atoms with Gasteiger partial charge in [-0.1, -0.05) is 6.92 Å². The molecule has 0 bridgehead atoms. The summed E-state index contributed by atoms with van der Waals surface area (Å²) in [5.41, 5.74) is -0.369. The van der Waals surface area contributed by atoms with Crippen LogP contribution in [0.4, 0.5) is 0 Å². The lowest BCUT2D eigenvalue weighted by molar-refractivity contribution is 0.406. The Bertz CT molecular complexity index is 411. The molecule has 1 atom stereocenters. The van der Waals surface area contributed by atoms with E-state index in [9.17, 15) is 5.26 Å². The maximum Gasteiger partial charge on any atom is 0.114 e. The second-order valence-corrected chi connectivity index (χ2v) is 6.15. The molecule has 0 aliphatic rings. The molecule has 19 heavy (non-hydrogen) atoms. The van der Waals surface area contributed by atoms with Crippen LogP contribution >= 0.6 is 11.8 Å². The van der Waals surface area contributed by atoms with Crippen molar-refractivity contribution in [2.45, 2.75) is 56.9 Å². The van der Waals surface area contributed by atoms with Gasteiger partial charge in [0.25, 0.3) is 0 Å². The molecule has 106 valence electrons. The largest absolute Gasteiger partial charge is 0.468 e. The Morgan fingerprint density at radius 1 is 1.47 bits per heavy atom. The molecular formula is C15H24N2OS. The Labute approximate surface area is 120 Å². The summed E-state index contributed by atoms with van der Waals surface area (Å²) in [5, 5.41) is 12.6. The first-order chi connectivity index (χ1) is 9.11. The van der Waals surface area contributed by atoms with E-state index in [0.717, 1.165) is 43.7 Å². The summed E-state index contributed by atoms with van der Waals surface area (Å²) in [6.07, 6.45) is 5.91. The van der Waals surface area contributed by atoms with E-state index in [1.54, 1.807) is 6.26 Å². The minimum atomic E-state index is -0.369. The van der Waals surface area contributed by atoms with Crippen LogP contribution in [0.15, 0.2) is 21.6 Å². The van der Waals surface area contributed by atoms with Crippen molar-refractivity contribution in [3.8, 4) is 6.07 Å². The fraction of sp³-hybridized carbons (Fsp3) is 0.667. The zero-order chi connectivity index (χ0) is 14.1. The molecule has 4 heteroatoms. The molecule has 0 amide bonds. The zero-order valence-electron chi connectivity index (χ0n) is 12.2. The number of nitrogens with one attached hydrogen (secondary N) is 1. The summed E-state index contributed by atoms with van der Waals surface area (Å²) >= 11 is 1.83. The zero-order valence-corrected chi connectivity index (χ0v) is 13.0. The third-order valence-electron chi connectivity index (χ3n) is 3.15. The van der Waals surface area contributed by atoms with Crippen molar-refractivity contribution in [3.63, 3.8) is 0 Å². The smallest absolute Gasteiger partial charge is 0.114 e. The molecule has 3 nitrogen and oxygen atoms in total.